The first-order chi connectivity index (χ1) is 10.5. The van der Waals surface area contributed by atoms with Crippen LogP contribution in [0.3, 0.4) is 0 Å². The van der Waals surface area contributed by atoms with E-state index in [-0.39, 0.29) is 5.91 Å². The molecule has 0 fully saturated rings. The van der Waals surface area contributed by atoms with Crippen molar-refractivity contribution in [3.05, 3.63) is 57.6 Å². The second-order valence-electron chi connectivity index (χ2n) is 5.15. The Morgan fingerprint density at radius 3 is 2.50 bits per heavy atom. The van der Waals surface area contributed by atoms with E-state index >= 15 is 0 Å². The molecule has 2 aromatic rings. The Kier molecular flexibility index (Phi) is 5.69. The lowest BCUT2D eigenvalue weighted by Gasteiger charge is -2.10. The maximum absolute atomic E-state index is 12.0. The third-order valence-corrected chi connectivity index (χ3v) is 3.96. The third-order valence-electron chi connectivity index (χ3n) is 3.32. The van der Waals surface area contributed by atoms with Gasteiger partial charge in [0.05, 0.1) is 0 Å². The van der Waals surface area contributed by atoms with Crippen LogP contribution in [0.25, 0.3) is 0 Å². The molecule has 1 amide bonds. The minimum Gasteiger partial charge on any atom is -0.384 e. The van der Waals surface area contributed by atoms with Gasteiger partial charge in [-0.1, -0.05) is 29.3 Å². The fourth-order valence-electron chi connectivity index (χ4n) is 2.00. The lowest BCUT2D eigenvalue weighted by atomic mass is 10.2. The minimum absolute atomic E-state index is 0.0452. The fourth-order valence-corrected chi connectivity index (χ4v) is 2.41. The van der Waals surface area contributed by atoms with E-state index in [0.29, 0.717) is 23.0 Å². The predicted molar refractivity (Wildman–Crippen MR) is 94.1 cm³/mol. The number of rotatable bonds is 5. The van der Waals surface area contributed by atoms with Crippen LogP contribution < -0.4 is 10.6 Å². The maximum atomic E-state index is 12.0. The van der Waals surface area contributed by atoms with Crippen LogP contribution in [0.15, 0.2) is 36.4 Å². The van der Waals surface area contributed by atoms with Gasteiger partial charge in [-0.3, -0.25) is 4.79 Å². The Morgan fingerprint density at radius 2 is 1.82 bits per heavy atom. The first-order valence-corrected chi connectivity index (χ1v) is 7.77. The van der Waals surface area contributed by atoms with E-state index in [2.05, 4.69) is 10.6 Å². The number of carbonyl (C=O) groups excluding carboxylic acids is 1. The first-order valence-electron chi connectivity index (χ1n) is 7.02. The Labute approximate surface area is 140 Å². The summed E-state index contributed by atoms with van der Waals surface area (Å²) in [4.78, 5) is 12.0. The molecule has 2 N–H and O–H groups in total. The summed E-state index contributed by atoms with van der Waals surface area (Å²) in [5, 5.41) is 7.44. The molecule has 0 aliphatic heterocycles. The Balaban J connectivity index is 1.83. The van der Waals surface area contributed by atoms with Gasteiger partial charge in [-0.25, -0.2) is 0 Å². The molecule has 0 saturated heterocycles. The molecule has 3 nitrogen and oxygen atoms in total. The summed E-state index contributed by atoms with van der Waals surface area (Å²) < 4.78 is 0. The number of aryl methyl sites for hydroxylation is 2. The molecule has 0 bridgehead atoms. The molecule has 0 radical (unpaired) electrons. The van der Waals surface area contributed by atoms with Crippen LogP contribution in [0.1, 0.15) is 17.5 Å². The number of benzene rings is 2. The highest BCUT2D eigenvalue weighted by Crippen LogP contribution is 2.21. The highest BCUT2D eigenvalue weighted by molar-refractivity contribution is 6.31. The zero-order valence-corrected chi connectivity index (χ0v) is 14.1. The quantitative estimate of drug-likeness (QED) is 0.801. The summed E-state index contributed by atoms with van der Waals surface area (Å²) in [6.07, 6.45) is 0.369. The maximum Gasteiger partial charge on any atom is 0.226 e. The van der Waals surface area contributed by atoms with Gasteiger partial charge in [0.2, 0.25) is 5.91 Å². The standard InChI is InChI=1S/C17H18Cl2N2O/c1-11-3-5-14(10-15(11)19)20-8-7-17(22)21-16-6-4-13(18)9-12(16)2/h3-6,9-10,20H,7-8H2,1-2H3,(H,21,22). The Hall–Kier alpha value is -1.71. The molecule has 0 aliphatic carbocycles. The molecule has 0 saturated carbocycles. The van der Waals surface area contributed by atoms with E-state index in [1.807, 2.05) is 44.2 Å². The number of carbonyl (C=O) groups is 1. The van der Waals surface area contributed by atoms with Gasteiger partial charge >= 0.3 is 0 Å². The van der Waals surface area contributed by atoms with Crippen molar-refractivity contribution in [1.82, 2.24) is 0 Å². The van der Waals surface area contributed by atoms with Gasteiger partial charge in [0.15, 0.2) is 0 Å². The number of nitrogens with one attached hydrogen (secondary N) is 2. The van der Waals surface area contributed by atoms with Crippen molar-refractivity contribution in [3.63, 3.8) is 0 Å². The van der Waals surface area contributed by atoms with Gasteiger partial charge < -0.3 is 10.6 Å². The first kappa shape index (κ1) is 16.7. The second kappa shape index (κ2) is 7.52. The summed E-state index contributed by atoms with van der Waals surface area (Å²) in [6, 6.07) is 11.1. The van der Waals surface area contributed by atoms with Gasteiger partial charge in [0.1, 0.15) is 0 Å². The van der Waals surface area contributed by atoms with Crippen molar-refractivity contribution in [2.24, 2.45) is 0 Å². The zero-order chi connectivity index (χ0) is 16.1. The fraction of sp³-hybridized carbons (Fsp3) is 0.235. The van der Waals surface area contributed by atoms with Crippen molar-refractivity contribution in [3.8, 4) is 0 Å². The van der Waals surface area contributed by atoms with Crippen LogP contribution in [-0.4, -0.2) is 12.5 Å². The van der Waals surface area contributed by atoms with Crippen molar-refractivity contribution >= 4 is 40.5 Å². The van der Waals surface area contributed by atoms with E-state index < -0.39 is 0 Å². The lowest BCUT2D eigenvalue weighted by Crippen LogP contribution is -2.16. The van der Waals surface area contributed by atoms with Crippen LogP contribution in [0, 0.1) is 13.8 Å². The van der Waals surface area contributed by atoms with Gasteiger partial charge in [-0.2, -0.15) is 0 Å². The lowest BCUT2D eigenvalue weighted by molar-refractivity contribution is -0.115. The highest BCUT2D eigenvalue weighted by Gasteiger charge is 2.05. The molecular formula is C17H18Cl2N2O. The van der Waals surface area contributed by atoms with Crippen LogP contribution in [-0.2, 0) is 4.79 Å². The van der Waals surface area contributed by atoms with Crippen LogP contribution >= 0.6 is 23.2 Å². The van der Waals surface area contributed by atoms with Gasteiger partial charge in [0.25, 0.3) is 0 Å². The average Bonchev–Trinajstić information content (AvgIpc) is 2.46. The number of amides is 1. The number of hydrogen-bond acceptors (Lipinski definition) is 2. The van der Waals surface area contributed by atoms with Gasteiger partial charge in [-0.15, -0.1) is 0 Å². The van der Waals surface area contributed by atoms with E-state index in [4.69, 9.17) is 23.2 Å². The summed E-state index contributed by atoms with van der Waals surface area (Å²) in [5.74, 6) is -0.0452. The normalized spacial score (nSPS) is 10.4. The topological polar surface area (TPSA) is 41.1 Å². The van der Waals surface area contributed by atoms with Crippen LogP contribution in [0.4, 0.5) is 11.4 Å². The molecule has 5 heteroatoms. The van der Waals surface area contributed by atoms with E-state index in [0.717, 1.165) is 22.5 Å². The zero-order valence-electron chi connectivity index (χ0n) is 12.5. The van der Waals surface area contributed by atoms with Crippen LogP contribution in [0.5, 0.6) is 0 Å². The van der Waals surface area contributed by atoms with Crippen molar-refractivity contribution in [2.75, 3.05) is 17.2 Å². The SMILES string of the molecule is Cc1ccc(NCCC(=O)Nc2ccc(Cl)cc2C)cc1Cl. The van der Waals surface area contributed by atoms with Gasteiger partial charge in [-0.05, 0) is 55.3 Å². The molecule has 0 aromatic heterocycles. The molecule has 0 unspecified atom stereocenters. The van der Waals surface area contributed by atoms with Gasteiger partial charge in [0, 0.05) is 34.4 Å². The molecular weight excluding hydrogens is 319 g/mol. The molecule has 0 atom stereocenters. The third kappa shape index (κ3) is 4.65. The molecule has 116 valence electrons. The monoisotopic (exact) mass is 336 g/mol. The minimum atomic E-state index is -0.0452. The Morgan fingerprint density at radius 1 is 1.05 bits per heavy atom. The molecule has 2 aromatic carbocycles. The number of halogens is 2. The predicted octanol–water partition coefficient (Wildman–Crippen LogP) is 5.05. The van der Waals surface area contributed by atoms with E-state index in [9.17, 15) is 4.79 Å². The van der Waals surface area contributed by atoms with E-state index in [1.54, 1.807) is 6.07 Å². The molecule has 0 heterocycles. The molecule has 0 aliphatic rings. The number of anilines is 2. The smallest absolute Gasteiger partial charge is 0.226 e. The van der Waals surface area contributed by atoms with E-state index in [1.165, 1.54) is 0 Å². The molecule has 0 spiro atoms. The second-order valence-corrected chi connectivity index (χ2v) is 5.99. The summed E-state index contributed by atoms with van der Waals surface area (Å²) in [7, 11) is 0. The summed E-state index contributed by atoms with van der Waals surface area (Å²) in [5.41, 5.74) is 3.67. The average molecular weight is 337 g/mol. The van der Waals surface area contributed by atoms with Crippen molar-refractivity contribution in [1.29, 1.82) is 0 Å². The highest BCUT2D eigenvalue weighted by atomic mass is 35.5. The summed E-state index contributed by atoms with van der Waals surface area (Å²) >= 11 is 12.0. The summed E-state index contributed by atoms with van der Waals surface area (Å²) in [6.45, 7) is 4.40. The molecule has 22 heavy (non-hydrogen) atoms. The number of hydrogen-bond donors (Lipinski definition) is 2. The Bertz CT molecular complexity index is 686. The molecule has 2 rings (SSSR count). The van der Waals surface area contributed by atoms with Crippen molar-refractivity contribution in [2.45, 2.75) is 20.3 Å². The van der Waals surface area contributed by atoms with Crippen LogP contribution in [0.2, 0.25) is 10.0 Å². The van der Waals surface area contributed by atoms with Crippen molar-refractivity contribution < 1.29 is 4.79 Å². The largest absolute Gasteiger partial charge is 0.384 e.